The van der Waals surface area contributed by atoms with Crippen molar-refractivity contribution in [1.82, 2.24) is 4.31 Å². The molecule has 1 aliphatic heterocycles. The number of sulfonamides is 1. The van der Waals surface area contributed by atoms with Crippen LogP contribution in [-0.4, -0.2) is 56.1 Å². The number of β-amino-alcohol motifs (C(OH)–C–C–N with tert-alkyl or cyclic N) is 1. The van der Waals surface area contributed by atoms with Gasteiger partial charge in [-0.2, -0.15) is 4.31 Å². The van der Waals surface area contributed by atoms with Crippen molar-refractivity contribution < 1.29 is 31.8 Å². The summed E-state index contributed by atoms with van der Waals surface area (Å²) < 4.78 is 58.7. The van der Waals surface area contributed by atoms with E-state index in [2.05, 4.69) is 5.32 Å². The van der Waals surface area contributed by atoms with Gasteiger partial charge in [0.15, 0.2) is 0 Å². The first kappa shape index (κ1) is 21.3. The lowest BCUT2D eigenvalue weighted by molar-refractivity contribution is 0.0583. The molecule has 0 bridgehead atoms. The molecule has 0 aliphatic carbocycles. The maximum Gasteiger partial charge on any atom is 0.255 e. The third kappa shape index (κ3) is 4.96. The Kier molecular flexibility index (Phi) is 6.58. The molecule has 10 heteroatoms. The van der Waals surface area contributed by atoms with Gasteiger partial charge in [-0.15, -0.1) is 0 Å². The van der Waals surface area contributed by atoms with Crippen molar-refractivity contribution in [2.75, 3.05) is 31.6 Å². The van der Waals surface area contributed by atoms with Gasteiger partial charge in [-0.3, -0.25) is 4.79 Å². The average Bonchev–Trinajstić information content (AvgIpc) is 2.94. The highest BCUT2D eigenvalue weighted by Crippen LogP contribution is 2.24. The van der Waals surface area contributed by atoms with Crippen molar-refractivity contribution in [1.29, 1.82) is 0 Å². The largest absolute Gasteiger partial charge is 0.389 e. The van der Waals surface area contributed by atoms with Crippen molar-refractivity contribution in [3.05, 3.63) is 59.4 Å². The molecular weight excluding hydrogens is 406 g/mol. The normalized spacial score (nSPS) is 18.2. The molecule has 0 radical (unpaired) electrons. The van der Waals surface area contributed by atoms with Gasteiger partial charge in [0.1, 0.15) is 12.5 Å². The highest BCUT2D eigenvalue weighted by atomic mass is 32.2. The SMILES string of the molecule is O=C(Nc1ccc(F)cc1)c1ccc(CF)c(S(=O)(=O)N2CCOCC(O)C2)c1. The number of hydrogen-bond donors (Lipinski definition) is 2. The molecule has 1 atom stereocenters. The molecular formula is C19H20F2N2O5S. The fraction of sp³-hybridized carbons (Fsp3) is 0.316. The van der Waals surface area contributed by atoms with E-state index >= 15 is 0 Å². The third-order valence-electron chi connectivity index (χ3n) is 4.40. The number of alkyl halides is 1. The molecule has 3 rings (SSSR count). The van der Waals surface area contributed by atoms with Crippen LogP contribution in [0.15, 0.2) is 47.4 Å². The average molecular weight is 426 g/mol. The summed E-state index contributed by atoms with van der Waals surface area (Å²) in [5, 5.41) is 12.4. The zero-order valence-corrected chi connectivity index (χ0v) is 16.2. The number of carbonyl (C=O) groups is 1. The second-order valence-corrected chi connectivity index (χ2v) is 8.42. The topological polar surface area (TPSA) is 95.9 Å². The number of ether oxygens (including phenoxy) is 1. The van der Waals surface area contributed by atoms with Crippen LogP contribution in [0.5, 0.6) is 0 Å². The highest BCUT2D eigenvalue weighted by molar-refractivity contribution is 7.89. The van der Waals surface area contributed by atoms with Gasteiger partial charge in [0.25, 0.3) is 5.91 Å². The number of amides is 1. The van der Waals surface area contributed by atoms with Crippen molar-refractivity contribution in [3.63, 3.8) is 0 Å². The van der Waals surface area contributed by atoms with Gasteiger partial charge < -0.3 is 15.2 Å². The Morgan fingerprint density at radius 2 is 1.97 bits per heavy atom. The van der Waals surface area contributed by atoms with Gasteiger partial charge in [-0.25, -0.2) is 17.2 Å². The molecule has 29 heavy (non-hydrogen) atoms. The maximum atomic E-state index is 13.5. The van der Waals surface area contributed by atoms with Crippen LogP contribution in [0.3, 0.4) is 0 Å². The molecule has 2 N–H and O–H groups in total. The van der Waals surface area contributed by atoms with Gasteiger partial charge in [-0.1, -0.05) is 6.07 Å². The summed E-state index contributed by atoms with van der Waals surface area (Å²) in [5.74, 6) is -1.09. The van der Waals surface area contributed by atoms with Gasteiger partial charge in [0.2, 0.25) is 10.0 Å². The van der Waals surface area contributed by atoms with Crippen LogP contribution in [0.1, 0.15) is 15.9 Å². The van der Waals surface area contributed by atoms with E-state index < -0.39 is 34.5 Å². The first-order chi connectivity index (χ1) is 13.8. The van der Waals surface area contributed by atoms with E-state index in [1.807, 2.05) is 0 Å². The van der Waals surface area contributed by atoms with Crippen LogP contribution in [-0.2, 0) is 21.4 Å². The minimum absolute atomic E-state index is 0.00209. The molecule has 2 aromatic rings. The van der Waals surface area contributed by atoms with Crippen molar-refractivity contribution >= 4 is 21.6 Å². The zero-order chi connectivity index (χ0) is 21.0. The molecule has 0 saturated carbocycles. The van der Waals surface area contributed by atoms with Gasteiger partial charge in [0, 0.05) is 29.9 Å². The van der Waals surface area contributed by atoms with Gasteiger partial charge in [0.05, 0.1) is 24.2 Å². The predicted molar refractivity (Wildman–Crippen MR) is 101 cm³/mol. The number of nitrogens with one attached hydrogen (secondary N) is 1. The molecule has 1 fully saturated rings. The van der Waals surface area contributed by atoms with Crippen molar-refractivity contribution in [2.24, 2.45) is 0 Å². The first-order valence-corrected chi connectivity index (χ1v) is 10.3. The summed E-state index contributed by atoms with van der Waals surface area (Å²) >= 11 is 0. The molecule has 0 aromatic heterocycles. The Labute approximate surface area is 167 Å². The Bertz CT molecular complexity index is 983. The van der Waals surface area contributed by atoms with Crippen molar-refractivity contribution in [3.8, 4) is 0 Å². The van der Waals surface area contributed by atoms with E-state index in [1.54, 1.807) is 0 Å². The minimum Gasteiger partial charge on any atom is -0.389 e. The Hall–Kier alpha value is -2.40. The number of rotatable bonds is 5. The van der Waals surface area contributed by atoms with Crippen LogP contribution < -0.4 is 5.32 Å². The third-order valence-corrected chi connectivity index (χ3v) is 6.35. The smallest absolute Gasteiger partial charge is 0.255 e. The van der Waals surface area contributed by atoms with Crippen LogP contribution >= 0.6 is 0 Å². The van der Waals surface area contributed by atoms with E-state index in [0.717, 1.165) is 10.4 Å². The van der Waals surface area contributed by atoms with E-state index in [0.29, 0.717) is 5.69 Å². The van der Waals surface area contributed by atoms with E-state index in [-0.39, 0.29) is 42.3 Å². The summed E-state index contributed by atoms with van der Waals surface area (Å²) in [7, 11) is -4.17. The molecule has 1 aliphatic rings. The van der Waals surface area contributed by atoms with E-state index in [1.165, 1.54) is 36.4 Å². The van der Waals surface area contributed by atoms with Gasteiger partial charge in [-0.05, 0) is 36.4 Å². The van der Waals surface area contributed by atoms with Gasteiger partial charge >= 0.3 is 0 Å². The number of nitrogens with zero attached hydrogens (tertiary/aromatic N) is 1. The number of halogens is 2. The predicted octanol–water partition coefficient (Wildman–Crippen LogP) is 1.93. The second-order valence-electron chi connectivity index (χ2n) is 6.51. The fourth-order valence-corrected chi connectivity index (χ4v) is 4.60. The molecule has 1 saturated heterocycles. The van der Waals surface area contributed by atoms with E-state index in [9.17, 15) is 27.1 Å². The number of aliphatic hydroxyl groups is 1. The molecule has 0 spiro atoms. The molecule has 7 nitrogen and oxygen atoms in total. The quantitative estimate of drug-likeness (QED) is 0.762. The lowest BCUT2D eigenvalue weighted by Crippen LogP contribution is -2.38. The lowest BCUT2D eigenvalue weighted by atomic mass is 10.1. The van der Waals surface area contributed by atoms with Crippen LogP contribution in [0.25, 0.3) is 0 Å². The summed E-state index contributed by atoms with van der Waals surface area (Å²) in [6.07, 6.45) is -1.01. The standard InChI is InChI=1S/C19H20F2N2O5S/c20-10-14-2-1-13(19(25)22-16-5-3-15(21)4-6-16)9-18(14)29(26,27)23-7-8-28-12-17(24)11-23/h1-6,9,17,24H,7-8,10-12H2,(H,22,25). The molecule has 1 unspecified atom stereocenters. The number of anilines is 1. The fourth-order valence-electron chi connectivity index (χ4n) is 2.90. The Balaban J connectivity index is 1.91. The van der Waals surface area contributed by atoms with Crippen LogP contribution in [0, 0.1) is 5.82 Å². The summed E-state index contributed by atoms with van der Waals surface area (Å²) in [4.78, 5) is 12.1. The Morgan fingerprint density at radius 1 is 1.24 bits per heavy atom. The number of carbonyl (C=O) groups excluding carboxylic acids is 1. The van der Waals surface area contributed by atoms with Crippen LogP contribution in [0.4, 0.5) is 14.5 Å². The molecule has 156 valence electrons. The summed E-state index contributed by atoms with van der Waals surface area (Å²) in [6, 6.07) is 8.71. The number of benzene rings is 2. The maximum absolute atomic E-state index is 13.5. The lowest BCUT2D eigenvalue weighted by Gasteiger charge is -2.22. The van der Waals surface area contributed by atoms with Crippen LogP contribution in [0.2, 0.25) is 0 Å². The first-order valence-electron chi connectivity index (χ1n) is 8.83. The molecule has 1 heterocycles. The zero-order valence-electron chi connectivity index (χ0n) is 15.3. The number of hydrogen-bond acceptors (Lipinski definition) is 5. The van der Waals surface area contributed by atoms with E-state index in [4.69, 9.17) is 4.74 Å². The highest BCUT2D eigenvalue weighted by Gasteiger charge is 2.31. The van der Waals surface area contributed by atoms with Crippen molar-refractivity contribution in [2.45, 2.75) is 17.7 Å². The Morgan fingerprint density at radius 3 is 2.66 bits per heavy atom. The second kappa shape index (κ2) is 8.95. The number of aliphatic hydroxyl groups excluding tert-OH is 1. The summed E-state index contributed by atoms with van der Waals surface area (Å²) in [6.45, 7) is -1.15. The molecule has 1 amide bonds. The monoisotopic (exact) mass is 426 g/mol. The summed E-state index contributed by atoms with van der Waals surface area (Å²) in [5.41, 5.74) is 0.225. The molecule has 2 aromatic carbocycles. The minimum atomic E-state index is -4.17.